The van der Waals surface area contributed by atoms with E-state index >= 15 is 0 Å². The number of rotatable bonds is 5. The van der Waals surface area contributed by atoms with Crippen LogP contribution in [0.2, 0.25) is 0 Å². The first-order valence-electron chi connectivity index (χ1n) is 8.85. The normalized spacial score (nSPS) is 11.5. The molecule has 2 heterocycles. The van der Waals surface area contributed by atoms with Gasteiger partial charge in [0, 0.05) is 17.3 Å². The minimum absolute atomic E-state index is 0.115. The van der Waals surface area contributed by atoms with Crippen LogP contribution in [0.3, 0.4) is 0 Å². The first kappa shape index (κ1) is 16.5. The molecular formula is C22H21NO3. The van der Waals surface area contributed by atoms with Crippen molar-refractivity contribution in [2.45, 2.75) is 20.4 Å². The molecule has 2 aromatic carbocycles. The number of amides is 1. The van der Waals surface area contributed by atoms with E-state index in [9.17, 15) is 4.79 Å². The standard InChI is InChI=1S/C22H21NO3/c1-15(2)13-23(14-18-11-16-7-3-5-9-19(16)25-18)22(24)21-12-17-8-4-6-10-20(17)26-21/h3-12,15H,13-14H2,1-2H3. The number of carbonyl (C=O) groups excluding carboxylic acids is 1. The van der Waals surface area contributed by atoms with Crippen LogP contribution >= 0.6 is 0 Å². The van der Waals surface area contributed by atoms with Gasteiger partial charge in [-0.1, -0.05) is 50.2 Å². The zero-order valence-corrected chi connectivity index (χ0v) is 14.9. The molecule has 4 heteroatoms. The van der Waals surface area contributed by atoms with E-state index in [1.165, 1.54) is 0 Å². The van der Waals surface area contributed by atoms with Gasteiger partial charge >= 0.3 is 0 Å². The van der Waals surface area contributed by atoms with Crippen molar-refractivity contribution in [3.05, 3.63) is 72.2 Å². The highest BCUT2D eigenvalue weighted by Crippen LogP contribution is 2.23. The molecule has 132 valence electrons. The number of benzene rings is 2. The fourth-order valence-electron chi connectivity index (χ4n) is 3.21. The summed E-state index contributed by atoms with van der Waals surface area (Å²) in [6.45, 7) is 5.24. The third kappa shape index (κ3) is 3.23. The lowest BCUT2D eigenvalue weighted by Gasteiger charge is -2.22. The van der Waals surface area contributed by atoms with E-state index in [4.69, 9.17) is 8.83 Å². The largest absolute Gasteiger partial charge is 0.459 e. The molecule has 0 N–H and O–H groups in total. The number of fused-ring (bicyclic) bond motifs is 2. The van der Waals surface area contributed by atoms with Crippen LogP contribution in [-0.2, 0) is 6.54 Å². The predicted octanol–water partition coefficient (Wildman–Crippen LogP) is 5.48. The third-order valence-electron chi connectivity index (χ3n) is 4.33. The zero-order valence-electron chi connectivity index (χ0n) is 14.9. The molecule has 0 atom stereocenters. The Kier molecular flexibility index (Phi) is 4.25. The molecule has 0 spiro atoms. The number of hydrogen-bond acceptors (Lipinski definition) is 3. The summed E-state index contributed by atoms with van der Waals surface area (Å²) in [5.41, 5.74) is 1.56. The van der Waals surface area contributed by atoms with Gasteiger partial charge in [-0.2, -0.15) is 0 Å². The molecule has 1 amide bonds. The van der Waals surface area contributed by atoms with E-state index in [0.717, 1.165) is 27.7 Å². The molecule has 0 unspecified atom stereocenters. The van der Waals surface area contributed by atoms with E-state index in [0.29, 0.717) is 24.8 Å². The molecular weight excluding hydrogens is 326 g/mol. The van der Waals surface area contributed by atoms with Gasteiger partial charge in [-0.15, -0.1) is 0 Å². The van der Waals surface area contributed by atoms with Crippen molar-refractivity contribution in [2.75, 3.05) is 6.54 Å². The second-order valence-corrected chi connectivity index (χ2v) is 6.98. The Hall–Kier alpha value is -3.01. The lowest BCUT2D eigenvalue weighted by Crippen LogP contribution is -2.33. The van der Waals surface area contributed by atoms with Gasteiger partial charge in [0.1, 0.15) is 16.9 Å². The highest BCUT2D eigenvalue weighted by molar-refractivity contribution is 5.96. The van der Waals surface area contributed by atoms with Gasteiger partial charge in [0.05, 0.1) is 6.54 Å². The molecule has 0 bridgehead atoms. The average Bonchev–Trinajstić information content (AvgIpc) is 3.23. The fourth-order valence-corrected chi connectivity index (χ4v) is 3.21. The van der Waals surface area contributed by atoms with E-state index in [1.54, 1.807) is 4.90 Å². The second kappa shape index (κ2) is 6.71. The van der Waals surface area contributed by atoms with Crippen LogP contribution in [0, 0.1) is 5.92 Å². The second-order valence-electron chi connectivity index (χ2n) is 6.98. The van der Waals surface area contributed by atoms with Gasteiger partial charge in [-0.05, 0) is 30.2 Å². The maximum Gasteiger partial charge on any atom is 0.290 e. The van der Waals surface area contributed by atoms with E-state index in [-0.39, 0.29) is 5.91 Å². The van der Waals surface area contributed by atoms with Crippen molar-refractivity contribution in [2.24, 2.45) is 5.92 Å². The van der Waals surface area contributed by atoms with Crippen LogP contribution in [0.25, 0.3) is 21.9 Å². The molecule has 4 nitrogen and oxygen atoms in total. The van der Waals surface area contributed by atoms with Gasteiger partial charge in [0.25, 0.3) is 5.91 Å². The Labute approximate surface area is 152 Å². The highest BCUT2D eigenvalue weighted by atomic mass is 16.4. The number of nitrogens with zero attached hydrogens (tertiary/aromatic N) is 1. The Bertz CT molecular complexity index is 991. The molecule has 0 radical (unpaired) electrons. The summed E-state index contributed by atoms with van der Waals surface area (Å²) in [6, 6.07) is 19.3. The summed E-state index contributed by atoms with van der Waals surface area (Å²) in [4.78, 5) is 14.9. The van der Waals surface area contributed by atoms with Crippen molar-refractivity contribution < 1.29 is 13.6 Å². The van der Waals surface area contributed by atoms with Crippen molar-refractivity contribution in [3.63, 3.8) is 0 Å². The molecule has 0 saturated carbocycles. The van der Waals surface area contributed by atoms with Gasteiger partial charge in [-0.25, -0.2) is 0 Å². The Morgan fingerprint density at radius 1 is 0.923 bits per heavy atom. The van der Waals surface area contributed by atoms with Crippen molar-refractivity contribution in [1.29, 1.82) is 0 Å². The van der Waals surface area contributed by atoms with Crippen LogP contribution < -0.4 is 0 Å². The smallest absolute Gasteiger partial charge is 0.290 e. The minimum Gasteiger partial charge on any atom is -0.459 e. The molecule has 0 aliphatic heterocycles. The molecule has 4 rings (SSSR count). The first-order chi connectivity index (χ1) is 12.6. The zero-order chi connectivity index (χ0) is 18.1. The quantitative estimate of drug-likeness (QED) is 0.480. The Morgan fingerprint density at radius 2 is 1.54 bits per heavy atom. The lowest BCUT2D eigenvalue weighted by molar-refractivity contribution is 0.0681. The highest BCUT2D eigenvalue weighted by Gasteiger charge is 2.22. The van der Waals surface area contributed by atoms with E-state index in [1.807, 2.05) is 60.7 Å². The summed E-state index contributed by atoms with van der Waals surface area (Å²) in [5, 5.41) is 1.98. The molecule has 0 aliphatic rings. The lowest BCUT2D eigenvalue weighted by atomic mass is 10.2. The van der Waals surface area contributed by atoms with Crippen LogP contribution in [0.5, 0.6) is 0 Å². The molecule has 2 aromatic heterocycles. The van der Waals surface area contributed by atoms with Gasteiger partial charge in [0.2, 0.25) is 0 Å². The minimum atomic E-state index is -0.115. The summed E-state index contributed by atoms with van der Waals surface area (Å²) in [7, 11) is 0. The monoisotopic (exact) mass is 347 g/mol. The summed E-state index contributed by atoms with van der Waals surface area (Å²) < 4.78 is 11.7. The van der Waals surface area contributed by atoms with Crippen molar-refractivity contribution in [1.82, 2.24) is 4.90 Å². The summed E-state index contributed by atoms with van der Waals surface area (Å²) in [6.07, 6.45) is 0. The molecule has 0 saturated heterocycles. The van der Waals surface area contributed by atoms with E-state index < -0.39 is 0 Å². The maximum atomic E-state index is 13.1. The van der Waals surface area contributed by atoms with Gasteiger partial charge in [-0.3, -0.25) is 4.79 Å². The van der Waals surface area contributed by atoms with Crippen LogP contribution in [0.15, 0.2) is 69.5 Å². The summed E-state index contributed by atoms with van der Waals surface area (Å²) >= 11 is 0. The molecule has 0 aliphatic carbocycles. The van der Waals surface area contributed by atoms with Crippen LogP contribution in [0.1, 0.15) is 30.2 Å². The fraction of sp³-hybridized carbons (Fsp3) is 0.227. The van der Waals surface area contributed by atoms with E-state index in [2.05, 4.69) is 13.8 Å². The molecule has 4 aromatic rings. The topological polar surface area (TPSA) is 46.6 Å². The van der Waals surface area contributed by atoms with Crippen molar-refractivity contribution >= 4 is 27.8 Å². The number of carbonyl (C=O) groups is 1. The molecule has 26 heavy (non-hydrogen) atoms. The third-order valence-corrected chi connectivity index (χ3v) is 4.33. The maximum absolute atomic E-state index is 13.1. The number of hydrogen-bond donors (Lipinski definition) is 0. The Balaban J connectivity index is 1.63. The SMILES string of the molecule is CC(C)CN(Cc1cc2ccccc2o1)C(=O)c1cc2ccccc2o1. The van der Waals surface area contributed by atoms with Crippen LogP contribution in [-0.4, -0.2) is 17.4 Å². The average molecular weight is 347 g/mol. The first-order valence-corrected chi connectivity index (χ1v) is 8.85. The molecule has 0 fully saturated rings. The van der Waals surface area contributed by atoms with Gasteiger partial charge in [0.15, 0.2) is 5.76 Å². The van der Waals surface area contributed by atoms with Gasteiger partial charge < -0.3 is 13.7 Å². The number of para-hydroxylation sites is 2. The Morgan fingerprint density at radius 3 is 2.15 bits per heavy atom. The van der Waals surface area contributed by atoms with Crippen LogP contribution in [0.4, 0.5) is 0 Å². The summed E-state index contributed by atoms with van der Waals surface area (Å²) in [5.74, 6) is 1.36. The van der Waals surface area contributed by atoms with Crippen molar-refractivity contribution in [3.8, 4) is 0 Å². The number of furan rings is 2. The predicted molar refractivity (Wildman–Crippen MR) is 102 cm³/mol.